The number of piperidine rings is 1. The van der Waals surface area contributed by atoms with Crippen LogP contribution in [0.3, 0.4) is 0 Å². The zero-order valence-electron chi connectivity index (χ0n) is 13.6. The molecule has 1 aromatic rings. The molecule has 0 bridgehead atoms. The van der Waals surface area contributed by atoms with Gasteiger partial charge in [-0.2, -0.15) is 5.21 Å². The van der Waals surface area contributed by atoms with E-state index in [2.05, 4.69) is 30.8 Å². The molecule has 0 radical (unpaired) electrons. The van der Waals surface area contributed by atoms with Gasteiger partial charge in [-0.3, -0.25) is 14.5 Å². The van der Waals surface area contributed by atoms with Crippen LogP contribution in [0.5, 0.6) is 0 Å². The van der Waals surface area contributed by atoms with Crippen molar-refractivity contribution in [3.8, 4) is 0 Å². The zero-order valence-corrected chi connectivity index (χ0v) is 13.6. The third-order valence-corrected chi connectivity index (χ3v) is 4.47. The molecule has 24 heavy (non-hydrogen) atoms. The summed E-state index contributed by atoms with van der Waals surface area (Å²) in [4.78, 5) is 28.5. The summed E-state index contributed by atoms with van der Waals surface area (Å²) in [6, 6.07) is 0. The van der Waals surface area contributed by atoms with Gasteiger partial charge in [0.2, 0.25) is 11.8 Å². The molecule has 1 unspecified atom stereocenters. The summed E-state index contributed by atoms with van der Waals surface area (Å²) in [5.41, 5.74) is 0. The van der Waals surface area contributed by atoms with Crippen LogP contribution >= 0.6 is 0 Å². The maximum absolute atomic E-state index is 12.3. The van der Waals surface area contributed by atoms with Crippen molar-refractivity contribution in [2.24, 2.45) is 5.92 Å². The van der Waals surface area contributed by atoms with Crippen LogP contribution in [0.4, 0.5) is 0 Å². The molecule has 2 saturated heterocycles. The van der Waals surface area contributed by atoms with Gasteiger partial charge in [-0.1, -0.05) is 5.21 Å². The highest BCUT2D eigenvalue weighted by Gasteiger charge is 2.30. The lowest BCUT2D eigenvalue weighted by Crippen LogP contribution is -2.49. The number of likely N-dealkylation sites (tertiary alicyclic amines) is 1. The number of H-pyrrole nitrogens is 1. The fourth-order valence-electron chi connectivity index (χ4n) is 3.00. The van der Waals surface area contributed by atoms with E-state index in [0.717, 1.165) is 32.8 Å². The van der Waals surface area contributed by atoms with E-state index in [-0.39, 0.29) is 24.3 Å². The first-order chi connectivity index (χ1) is 11.7. The van der Waals surface area contributed by atoms with Gasteiger partial charge in [-0.25, -0.2) is 0 Å². The monoisotopic (exact) mass is 337 g/mol. The molecule has 0 aliphatic carbocycles. The van der Waals surface area contributed by atoms with E-state index in [1.165, 1.54) is 0 Å². The Labute approximate surface area is 139 Å². The second kappa shape index (κ2) is 8.15. The highest BCUT2D eigenvalue weighted by atomic mass is 16.5. The molecule has 0 spiro atoms. The molecule has 0 saturated carbocycles. The molecular formula is C14H23N7O3. The number of morpholine rings is 1. The lowest BCUT2D eigenvalue weighted by atomic mass is 9.96. The summed E-state index contributed by atoms with van der Waals surface area (Å²) >= 11 is 0. The lowest BCUT2D eigenvalue weighted by molar-refractivity contribution is -0.138. The van der Waals surface area contributed by atoms with Gasteiger partial charge in [0.25, 0.3) is 0 Å². The van der Waals surface area contributed by atoms with E-state index < -0.39 is 0 Å². The minimum atomic E-state index is -0.181. The van der Waals surface area contributed by atoms with Crippen molar-refractivity contribution in [2.45, 2.75) is 19.4 Å². The van der Waals surface area contributed by atoms with Crippen LogP contribution in [0.25, 0.3) is 0 Å². The predicted molar refractivity (Wildman–Crippen MR) is 82.6 cm³/mol. The number of hydrogen-bond donors (Lipinski definition) is 2. The van der Waals surface area contributed by atoms with Crippen LogP contribution in [0.15, 0.2) is 0 Å². The standard InChI is InChI=1S/C14H23N7O3/c22-13-2-1-11(14(23)15-9-12-16-18-19-17-12)10-21(13)4-3-20-5-7-24-8-6-20/h11H,1-10H2,(H,15,23)(H,16,17,18,19). The predicted octanol–water partition coefficient (Wildman–Crippen LogP) is -1.61. The number of amides is 2. The summed E-state index contributed by atoms with van der Waals surface area (Å²) < 4.78 is 5.33. The van der Waals surface area contributed by atoms with E-state index >= 15 is 0 Å². The van der Waals surface area contributed by atoms with Crippen molar-refractivity contribution in [3.63, 3.8) is 0 Å². The minimum absolute atomic E-state index is 0.0660. The van der Waals surface area contributed by atoms with Gasteiger partial charge in [-0.15, -0.1) is 10.2 Å². The number of carbonyl (C=O) groups excluding carboxylic acids is 2. The molecule has 10 heteroatoms. The van der Waals surface area contributed by atoms with Gasteiger partial charge < -0.3 is 15.0 Å². The third kappa shape index (κ3) is 4.48. The molecule has 2 aliphatic heterocycles. The Kier molecular flexibility index (Phi) is 5.70. The van der Waals surface area contributed by atoms with Crippen LogP contribution in [0, 0.1) is 5.92 Å². The fraction of sp³-hybridized carbons (Fsp3) is 0.786. The number of aromatic nitrogens is 4. The van der Waals surface area contributed by atoms with Gasteiger partial charge in [0.05, 0.1) is 25.7 Å². The van der Waals surface area contributed by atoms with Gasteiger partial charge in [0.1, 0.15) is 0 Å². The molecule has 0 aromatic carbocycles. The summed E-state index contributed by atoms with van der Waals surface area (Å²) in [6.45, 7) is 5.49. The Morgan fingerprint density at radius 2 is 2.17 bits per heavy atom. The zero-order chi connectivity index (χ0) is 16.8. The second-order valence-corrected chi connectivity index (χ2v) is 6.08. The van der Waals surface area contributed by atoms with E-state index in [1.54, 1.807) is 4.90 Å². The average molecular weight is 337 g/mol. The Bertz CT molecular complexity index is 545. The number of tetrazole rings is 1. The molecule has 1 aromatic heterocycles. The first kappa shape index (κ1) is 16.8. The van der Waals surface area contributed by atoms with Gasteiger partial charge in [-0.05, 0) is 6.42 Å². The Morgan fingerprint density at radius 3 is 2.92 bits per heavy atom. The Balaban J connectivity index is 1.45. The van der Waals surface area contributed by atoms with Crippen LogP contribution in [-0.2, 0) is 20.9 Å². The van der Waals surface area contributed by atoms with E-state index in [0.29, 0.717) is 31.8 Å². The maximum Gasteiger partial charge on any atom is 0.225 e. The number of nitrogens with zero attached hydrogens (tertiary/aromatic N) is 5. The molecule has 3 rings (SSSR count). The molecule has 2 aliphatic rings. The van der Waals surface area contributed by atoms with Crippen LogP contribution < -0.4 is 5.32 Å². The number of aromatic amines is 1. The number of carbonyl (C=O) groups is 2. The SMILES string of the molecule is O=C(NCc1nn[nH]n1)C1CCC(=O)N(CCN2CCOCC2)C1. The van der Waals surface area contributed by atoms with E-state index in [9.17, 15) is 9.59 Å². The minimum Gasteiger partial charge on any atom is -0.379 e. The number of hydrogen-bond acceptors (Lipinski definition) is 7. The summed E-state index contributed by atoms with van der Waals surface area (Å²) in [6.07, 6.45) is 1.01. The highest BCUT2D eigenvalue weighted by Crippen LogP contribution is 2.18. The summed E-state index contributed by atoms with van der Waals surface area (Å²) in [5.74, 6) is 0.327. The number of nitrogens with one attached hydrogen (secondary N) is 2. The lowest BCUT2D eigenvalue weighted by Gasteiger charge is -2.34. The van der Waals surface area contributed by atoms with Crippen molar-refractivity contribution in [1.82, 2.24) is 35.7 Å². The average Bonchev–Trinajstić information content (AvgIpc) is 3.13. The van der Waals surface area contributed by atoms with Crippen molar-refractivity contribution in [3.05, 3.63) is 5.82 Å². The first-order valence-electron chi connectivity index (χ1n) is 8.30. The smallest absolute Gasteiger partial charge is 0.225 e. The van der Waals surface area contributed by atoms with Crippen molar-refractivity contribution in [2.75, 3.05) is 45.9 Å². The molecule has 10 nitrogen and oxygen atoms in total. The van der Waals surface area contributed by atoms with Crippen LogP contribution in [0.1, 0.15) is 18.7 Å². The van der Waals surface area contributed by atoms with Gasteiger partial charge in [0.15, 0.2) is 5.82 Å². The Hall–Kier alpha value is -2.07. The topological polar surface area (TPSA) is 116 Å². The van der Waals surface area contributed by atoms with Crippen molar-refractivity contribution < 1.29 is 14.3 Å². The second-order valence-electron chi connectivity index (χ2n) is 6.08. The van der Waals surface area contributed by atoms with Gasteiger partial charge in [0, 0.05) is 39.1 Å². The quantitative estimate of drug-likeness (QED) is 0.641. The summed E-state index contributed by atoms with van der Waals surface area (Å²) in [7, 11) is 0. The van der Waals surface area contributed by atoms with Crippen LogP contribution in [-0.4, -0.2) is 88.2 Å². The molecule has 2 N–H and O–H groups in total. The third-order valence-electron chi connectivity index (χ3n) is 4.47. The molecule has 2 fully saturated rings. The maximum atomic E-state index is 12.3. The first-order valence-corrected chi connectivity index (χ1v) is 8.30. The normalized spacial score (nSPS) is 22.6. The highest BCUT2D eigenvalue weighted by molar-refractivity contribution is 5.83. The molecular weight excluding hydrogens is 314 g/mol. The largest absolute Gasteiger partial charge is 0.379 e. The van der Waals surface area contributed by atoms with Crippen molar-refractivity contribution in [1.29, 1.82) is 0 Å². The molecule has 1 atom stereocenters. The fourth-order valence-corrected chi connectivity index (χ4v) is 3.00. The summed E-state index contributed by atoms with van der Waals surface area (Å²) in [5, 5.41) is 16.2. The number of rotatable bonds is 6. The van der Waals surface area contributed by atoms with Crippen LogP contribution in [0.2, 0.25) is 0 Å². The molecule has 3 heterocycles. The number of ether oxygens (including phenoxy) is 1. The van der Waals surface area contributed by atoms with Gasteiger partial charge >= 0.3 is 0 Å². The Morgan fingerprint density at radius 1 is 1.33 bits per heavy atom. The molecule has 132 valence electrons. The van der Waals surface area contributed by atoms with E-state index in [4.69, 9.17) is 4.74 Å². The van der Waals surface area contributed by atoms with E-state index in [1.807, 2.05) is 0 Å². The van der Waals surface area contributed by atoms with Crippen molar-refractivity contribution >= 4 is 11.8 Å². The molecule has 2 amide bonds.